The van der Waals surface area contributed by atoms with Crippen molar-refractivity contribution in [2.45, 2.75) is 0 Å². The van der Waals surface area contributed by atoms with Crippen molar-refractivity contribution >= 4 is 44.7 Å². The lowest BCUT2D eigenvalue weighted by molar-refractivity contribution is 0.103. The van der Waals surface area contributed by atoms with E-state index in [9.17, 15) is 4.79 Å². The van der Waals surface area contributed by atoms with Crippen molar-refractivity contribution in [2.24, 2.45) is 7.05 Å². The third kappa shape index (κ3) is 2.00. The lowest BCUT2D eigenvalue weighted by Crippen LogP contribution is -2.02. The number of thiophene rings is 1. The zero-order valence-electron chi connectivity index (χ0n) is 7.70. The third-order valence-electron chi connectivity index (χ3n) is 1.82. The number of rotatable bonds is 2. The molecule has 0 aliphatic heterocycles. The Hall–Kier alpha value is -0.650. The van der Waals surface area contributed by atoms with Crippen LogP contribution in [0.2, 0.25) is 5.02 Å². The Balaban J connectivity index is 2.45. The van der Waals surface area contributed by atoms with E-state index in [0.29, 0.717) is 20.1 Å². The van der Waals surface area contributed by atoms with Gasteiger partial charge in [0.2, 0.25) is 5.78 Å². The lowest BCUT2D eigenvalue weighted by atomic mass is 10.2. The van der Waals surface area contributed by atoms with Crippen LogP contribution in [0, 0.1) is 0 Å². The van der Waals surface area contributed by atoms with Crippen LogP contribution in [0.1, 0.15) is 15.4 Å². The summed E-state index contributed by atoms with van der Waals surface area (Å²) < 4.78 is 2.26. The van der Waals surface area contributed by atoms with Gasteiger partial charge in [0, 0.05) is 13.2 Å². The summed E-state index contributed by atoms with van der Waals surface area (Å²) >= 11 is 10.5. The second-order valence-electron chi connectivity index (χ2n) is 2.93. The normalized spacial score (nSPS) is 10.6. The van der Waals surface area contributed by atoms with Gasteiger partial charge in [-0.05, 0) is 27.4 Å². The van der Waals surface area contributed by atoms with E-state index in [1.54, 1.807) is 29.4 Å². The number of aromatic nitrogens is 2. The molecule has 2 aromatic heterocycles. The van der Waals surface area contributed by atoms with Gasteiger partial charge in [0.05, 0.1) is 14.4 Å². The predicted octanol–water partition coefficient (Wildman–Crippen LogP) is 3.13. The van der Waals surface area contributed by atoms with Crippen LogP contribution in [0.15, 0.2) is 22.1 Å². The fourth-order valence-electron chi connectivity index (χ4n) is 1.18. The van der Waals surface area contributed by atoms with Crippen LogP contribution in [-0.4, -0.2) is 15.6 Å². The van der Waals surface area contributed by atoms with Gasteiger partial charge in [-0.3, -0.25) is 9.48 Å². The first-order chi connectivity index (χ1) is 7.09. The molecular formula is C9H6BrClN2OS. The molecule has 0 aromatic carbocycles. The fraction of sp³-hybridized carbons (Fsp3) is 0.111. The molecule has 0 saturated heterocycles. The number of aryl methyl sites for hydroxylation is 1. The van der Waals surface area contributed by atoms with Crippen LogP contribution in [0.5, 0.6) is 0 Å². The minimum Gasteiger partial charge on any atom is -0.286 e. The maximum Gasteiger partial charge on any atom is 0.225 e. The van der Waals surface area contributed by atoms with Crippen LogP contribution in [0.25, 0.3) is 0 Å². The molecule has 2 rings (SSSR count). The van der Waals surface area contributed by atoms with E-state index in [-0.39, 0.29) is 5.78 Å². The van der Waals surface area contributed by atoms with Crippen LogP contribution in [0.3, 0.4) is 0 Å². The number of hydrogen-bond acceptors (Lipinski definition) is 3. The van der Waals surface area contributed by atoms with E-state index >= 15 is 0 Å². The first-order valence-corrected chi connectivity index (χ1v) is 6.11. The third-order valence-corrected chi connectivity index (χ3v) is 3.74. The average molecular weight is 306 g/mol. The summed E-state index contributed by atoms with van der Waals surface area (Å²) in [5, 5.41) is 6.33. The highest BCUT2D eigenvalue weighted by Gasteiger charge is 2.19. The molecule has 2 aromatic rings. The molecule has 0 atom stereocenters. The Morgan fingerprint density at radius 1 is 1.67 bits per heavy atom. The lowest BCUT2D eigenvalue weighted by Gasteiger charge is -1.94. The second kappa shape index (κ2) is 4.08. The predicted molar refractivity (Wildman–Crippen MR) is 63.7 cm³/mol. The SMILES string of the molecule is Cn1cc(Br)c(C(=O)c2sccc2Cl)n1. The topological polar surface area (TPSA) is 34.9 Å². The Labute approximate surface area is 104 Å². The summed E-state index contributed by atoms with van der Waals surface area (Å²) in [6.45, 7) is 0. The zero-order chi connectivity index (χ0) is 11.0. The molecule has 2 heterocycles. The second-order valence-corrected chi connectivity index (χ2v) is 5.10. The van der Waals surface area contributed by atoms with Crippen molar-refractivity contribution < 1.29 is 4.79 Å². The monoisotopic (exact) mass is 304 g/mol. The average Bonchev–Trinajstić information content (AvgIpc) is 2.71. The molecule has 0 spiro atoms. The van der Waals surface area contributed by atoms with Crippen molar-refractivity contribution in [3.63, 3.8) is 0 Å². The number of hydrogen-bond donors (Lipinski definition) is 0. The van der Waals surface area contributed by atoms with E-state index < -0.39 is 0 Å². The highest BCUT2D eigenvalue weighted by Crippen LogP contribution is 2.27. The first-order valence-electron chi connectivity index (χ1n) is 4.06. The van der Waals surface area contributed by atoms with Crippen LogP contribution in [0.4, 0.5) is 0 Å². The van der Waals surface area contributed by atoms with Crippen LogP contribution in [-0.2, 0) is 7.05 Å². The maximum absolute atomic E-state index is 12.0. The molecule has 0 amide bonds. The molecule has 0 fully saturated rings. The minimum absolute atomic E-state index is 0.150. The van der Waals surface area contributed by atoms with Gasteiger partial charge in [-0.15, -0.1) is 11.3 Å². The van der Waals surface area contributed by atoms with Gasteiger partial charge in [-0.25, -0.2) is 0 Å². The highest BCUT2D eigenvalue weighted by molar-refractivity contribution is 9.10. The molecular weight excluding hydrogens is 300 g/mol. The van der Waals surface area contributed by atoms with E-state index in [1.807, 2.05) is 0 Å². The minimum atomic E-state index is -0.150. The summed E-state index contributed by atoms with van der Waals surface area (Å²) in [6, 6.07) is 1.70. The van der Waals surface area contributed by atoms with Crippen molar-refractivity contribution in [1.29, 1.82) is 0 Å². The molecule has 0 radical (unpaired) electrons. The molecule has 0 bridgehead atoms. The largest absolute Gasteiger partial charge is 0.286 e. The van der Waals surface area contributed by atoms with Crippen LogP contribution >= 0.6 is 38.9 Å². The van der Waals surface area contributed by atoms with Gasteiger partial charge in [0.15, 0.2) is 0 Å². The maximum atomic E-state index is 12.0. The number of carbonyl (C=O) groups is 1. The van der Waals surface area contributed by atoms with Gasteiger partial charge in [0.25, 0.3) is 0 Å². The molecule has 78 valence electrons. The van der Waals surface area contributed by atoms with Crippen molar-refractivity contribution in [3.05, 3.63) is 37.7 Å². The van der Waals surface area contributed by atoms with Gasteiger partial charge in [0.1, 0.15) is 5.69 Å². The van der Waals surface area contributed by atoms with Gasteiger partial charge < -0.3 is 0 Å². The molecule has 0 unspecified atom stereocenters. The van der Waals surface area contributed by atoms with E-state index in [0.717, 1.165) is 0 Å². The first kappa shape index (κ1) is 10.9. The molecule has 6 heteroatoms. The summed E-state index contributed by atoms with van der Waals surface area (Å²) in [7, 11) is 1.76. The quantitative estimate of drug-likeness (QED) is 0.799. The summed E-state index contributed by atoms with van der Waals surface area (Å²) in [5.41, 5.74) is 0.391. The van der Waals surface area contributed by atoms with Gasteiger partial charge >= 0.3 is 0 Å². The molecule has 0 saturated carbocycles. The number of carbonyl (C=O) groups excluding carboxylic acids is 1. The summed E-state index contributed by atoms with van der Waals surface area (Å²) in [4.78, 5) is 12.5. The Kier molecular flexibility index (Phi) is 2.95. The summed E-state index contributed by atoms with van der Waals surface area (Å²) in [6.07, 6.45) is 1.73. The fourth-order valence-corrected chi connectivity index (χ4v) is 2.81. The molecule has 0 N–H and O–H groups in total. The molecule has 3 nitrogen and oxygen atoms in total. The number of halogens is 2. The Bertz CT molecular complexity index is 520. The molecule has 0 aliphatic rings. The van der Waals surface area contributed by atoms with Gasteiger partial charge in [-0.2, -0.15) is 5.10 Å². The molecule has 0 aliphatic carbocycles. The van der Waals surface area contributed by atoms with E-state index in [1.165, 1.54) is 11.3 Å². The number of nitrogens with zero attached hydrogens (tertiary/aromatic N) is 2. The smallest absolute Gasteiger partial charge is 0.225 e. The van der Waals surface area contributed by atoms with E-state index in [4.69, 9.17) is 11.6 Å². The summed E-state index contributed by atoms with van der Waals surface area (Å²) in [5.74, 6) is -0.150. The standard InChI is InChI=1S/C9H6BrClN2OS/c1-13-4-5(10)7(12-13)8(14)9-6(11)2-3-15-9/h2-4H,1H3. The zero-order valence-corrected chi connectivity index (χ0v) is 10.9. The van der Waals surface area contributed by atoms with Crippen LogP contribution < -0.4 is 0 Å². The van der Waals surface area contributed by atoms with Gasteiger partial charge in [-0.1, -0.05) is 11.6 Å². The van der Waals surface area contributed by atoms with Crippen molar-refractivity contribution in [2.75, 3.05) is 0 Å². The highest BCUT2D eigenvalue weighted by atomic mass is 79.9. The van der Waals surface area contributed by atoms with Crippen molar-refractivity contribution in [3.8, 4) is 0 Å². The van der Waals surface area contributed by atoms with E-state index in [2.05, 4.69) is 21.0 Å². The number of ketones is 1. The Morgan fingerprint density at radius 2 is 2.40 bits per heavy atom. The Morgan fingerprint density at radius 3 is 2.87 bits per heavy atom. The molecule has 15 heavy (non-hydrogen) atoms. The van der Waals surface area contributed by atoms with Crippen molar-refractivity contribution in [1.82, 2.24) is 9.78 Å².